The van der Waals surface area contributed by atoms with Crippen molar-refractivity contribution in [1.29, 1.82) is 0 Å². The Bertz CT molecular complexity index is 1030. The van der Waals surface area contributed by atoms with Gasteiger partial charge in [0.2, 0.25) is 0 Å². The van der Waals surface area contributed by atoms with Crippen molar-refractivity contribution in [2.24, 2.45) is 0 Å². The number of hydrogen-bond acceptors (Lipinski definition) is 7. The van der Waals surface area contributed by atoms with Crippen LogP contribution in [-0.2, 0) is 4.74 Å². The number of ether oxygens (including phenoxy) is 2. The molecule has 30 heavy (non-hydrogen) atoms. The molecule has 1 aliphatic heterocycles. The molecule has 1 aliphatic rings. The second kappa shape index (κ2) is 9.80. The number of amides is 1. The molecule has 0 saturated carbocycles. The van der Waals surface area contributed by atoms with E-state index >= 15 is 0 Å². The number of para-hydroxylation sites is 1. The van der Waals surface area contributed by atoms with Gasteiger partial charge in [0.1, 0.15) is 15.6 Å². The van der Waals surface area contributed by atoms with Crippen molar-refractivity contribution in [2.45, 2.75) is 6.92 Å². The molecule has 3 heterocycles. The van der Waals surface area contributed by atoms with E-state index in [1.807, 2.05) is 25.1 Å². The highest BCUT2D eigenvalue weighted by Crippen LogP contribution is 2.37. The minimum atomic E-state index is -0.201. The van der Waals surface area contributed by atoms with Crippen molar-refractivity contribution in [3.63, 3.8) is 0 Å². The van der Waals surface area contributed by atoms with Gasteiger partial charge in [0.05, 0.1) is 34.4 Å². The SMILES string of the molecule is CCOc1cccc2sc(N(CCN3CCOCC3)C(=O)c3cc(Cl)sc3Cl)nc12. The molecule has 2 aromatic heterocycles. The molecular weight excluding hydrogens is 465 g/mol. The van der Waals surface area contributed by atoms with Crippen LogP contribution >= 0.6 is 45.9 Å². The van der Waals surface area contributed by atoms with Crippen LogP contribution in [0.3, 0.4) is 0 Å². The molecule has 1 amide bonds. The molecule has 1 saturated heterocycles. The summed E-state index contributed by atoms with van der Waals surface area (Å²) >= 11 is 15.0. The second-order valence-electron chi connectivity index (χ2n) is 6.68. The summed E-state index contributed by atoms with van der Waals surface area (Å²) in [4.78, 5) is 22.2. The lowest BCUT2D eigenvalue weighted by Crippen LogP contribution is -2.43. The number of nitrogens with zero attached hydrogens (tertiary/aromatic N) is 3. The van der Waals surface area contributed by atoms with E-state index in [9.17, 15) is 4.79 Å². The Hall–Kier alpha value is -1.42. The summed E-state index contributed by atoms with van der Waals surface area (Å²) in [7, 11) is 0. The standard InChI is InChI=1S/C20H21Cl2N3O3S2/c1-2-28-14-4-3-5-15-17(14)23-20(29-15)25(7-6-24-8-10-27-11-9-24)19(26)13-12-16(21)30-18(13)22/h3-5,12H,2,6-11H2,1H3. The number of thiophene rings is 1. The van der Waals surface area contributed by atoms with Crippen molar-refractivity contribution < 1.29 is 14.3 Å². The number of carbonyl (C=O) groups is 1. The summed E-state index contributed by atoms with van der Waals surface area (Å²) < 4.78 is 13.0. The Morgan fingerprint density at radius 3 is 2.80 bits per heavy atom. The maximum atomic E-state index is 13.4. The van der Waals surface area contributed by atoms with Crippen LogP contribution in [0.25, 0.3) is 10.2 Å². The Morgan fingerprint density at radius 2 is 2.10 bits per heavy atom. The largest absolute Gasteiger partial charge is 0.492 e. The third-order valence-electron chi connectivity index (χ3n) is 4.78. The molecule has 0 radical (unpaired) electrons. The molecule has 160 valence electrons. The topological polar surface area (TPSA) is 54.9 Å². The molecule has 3 aromatic rings. The minimum Gasteiger partial charge on any atom is -0.492 e. The number of thiazole rings is 1. The highest BCUT2D eigenvalue weighted by molar-refractivity contribution is 7.22. The summed E-state index contributed by atoms with van der Waals surface area (Å²) in [6.07, 6.45) is 0. The van der Waals surface area contributed by atoms with Crippen LogP contribution in [0, 0.1) is 0 Å². The van der Waals surface area contributed by atoms with Crippen LogP contribution in [0.4, 0.5) is 5.13 Å². The van der Waals surface area contributed by atoms with Gasteiger partial charge in [-0.15, -0.1) is 11.3 Å². The number of benzene rings is 1. The maximum Gasteiger partial charge on any atom is 0.262 e. The average molecular weight is 486 g/mol. The van der Waals surface area contributed by atoms with Gasteiger partial charge >= 0.3 is 0 Å². The highest BCUT2D eigenvalue weighted by atomic mass is 35.5. The number of fused-ring (bicyclic) bond motifs is 1. The number of halogens is 2. The van der Waals surface area contributed by atoms with Gasteiger partial charge in [-0.3, -0.25) is 14.6 Å². The molecule has 6 nitrogen and oxygen atoms in total. The smallest absolute Gasteiger partial charge is 0.262 e. The van der Waals surface area contributed by atoms with E-state index in [0.29, 0.717) is 45.7 Å². The fourth-order valence-corrected chi connectivity index (χ4v) is 5.74. The van der Waals surface area contributed by atoms with Crippen LogP contribution < -0.4 is 9.64 Å². The summed E-state index contributed by atoms with van der Waals surface area (Å²) in [6.45, 7) is 6.81. The van der Waals surface area contributed by atoms with Gasteiger partial charge in [-0.1, -0.05) is 40.6 Å². The third kappa shape index (κ3) is 4.74. The Balaban J connectivity index is 1.67. The van der Waals surface area contributed by atoms with Crippen molar-refractivity contribution in [3.8, 4) is 5.75 Å². The van der Waals surface area contributed by atoms with E-state index in [2.05, 4.69) is 4.90 Å². The van der Waals surface area contributed by atoms with Crippen LogP contribution in [0.15, 0.2) is 24.3 Å². The minimum absolute atomic E-state index is 0.201. The average Bonchev–Trinajstić information content (AvgIpc) is 3.32. The van der Waals surface area contributed by atoms with E-state index in [-0.39, 0.29) is 5.91 Å². The van der Waals surface area contributed by atoms with E-state index in [4.69, 9.17) is 37.7 Å². The summed E-state index contributed by atoms with van der Waals surface area (Å²) in [5.41, 5.74) is 1.16. The summed E-state index contributed by atoms with van der Waals surface area (Å²) in [5, 5.41) is 0.619. The molecular formula is C20H21Cl2N3O3S2. The van der Waals surface area contributed by atoms with Gasteiger partial charge in [-0.2, -0.15) is 0 Å². The quantitative estimate of drug-likeness (QED) is 0.468. The fourth-order valence-electron chi connectivity index (χ4n) is 3.28. The van der Waals surface area contributed by atoms with Crippen molar-refractivity contribution in [2.75, 3.05) is 50.9 Å². The number of rotatable bonds is 7. The predicted molar refractivity (Wildman–Crippen MR) is 124 cm³/mol. The number of hydrogen-bond donors (Lipinski definition) is 0. The van der Waals surface area contributed by atoms with Crippen LogP contribution in [0.5, 0.6) is 5.75 Å². The molecule has 0 aliphatic carbocycles. The van der Waals surface area contributed by atoms with Crippen LogP contribution in [0.1, 0.15) is 17.3 Å². The van der Waals surface area contributed by atoms with Gasteiger partial charge in [-0.05, 0) is 25.1 Å². The Kier molecular flexibility index (Phi) is 7.12. The first-order valence-corrected chi connectivity index (χ1v) is 12.0. The van der Waals surface area contributed by atoms with Gasteiger partial charge < -0.3 is 9.47 Å². The fraction of sp³-hybridized carbons (Fsp3) is 0.400. The first-order chi connectivity index (χ1) is 14.6. The van der Waals surface area contributed by atoms with Gasteiger partial charge in [0.15, 0.2) is 5.13 Å². The van der Waals surface area contributed by atoms with Gasteiger partial charge in [0, 0.05) is 26.2 Å². The molecule has 0 spiro atoms. The molecule has 0 N–H and O–H groups in total. The van der Waals surface area contributed by atoms with Gasteiger partial charge in [0.25, 0.3) is 5.91 Å². The molecule has 1 fully saturated rings. The maximum absolute atomic E-state index is 13.4. The third-order valence-corrected chi connectivity index (χ3v) is 7.31. The molecule has 0 atom stereocenters. The first kappa shape index (κ1) is 21.8. The number of carbonyl (C=O) groups excluding carboxylic acids is 1. The van der Waals surface area contributed by atoms with Crippen molar-refractivity contribution in [3.05, 3.63) is 38.5 Å². The van der Waals surface area contributed by atoms with E-state index in [1.54, 1.807) is 11.0 Å². The molecule has 0 bridgehead atoms. The Labute approximate surface area is 192 Å². The van der Waals surface area contributed by atoms with Crippen LogP contribution in [-0.4, -0.2) is 61.8 Å². The number of aromatic nitrogens is 1. The molecule has 0 unspecified atom stereocenters. The van der Waals surface area contributed by atoms with E-state index < -0.39 is 0 Å². The van der Waals surface area contributed by atoms with Crippen molar-refractivity contribution >= 4 is 67.1 Å². The predicted octanol–water partition coefficient (Wildman–Crippen LogP) is 5.04. The summed E-state index contributed by atoms with van der Waals surface area (Å²) in [5.74, 6) is 0.517. The highest BCUT2D eigenvalue weighted by Gasteiger charge is 2.26. The van der Waals surface area contributed by atoms with Crippen molar-refractivity contribution in [1.82, 2.24) is 9.88 Å². The van der Waals surface area contributed by atoms with Crippen LogP contribution in [0.2, 0.25) is 8.67 Å². The first-order valence-electron chi connectivity index (χ1n) is 9.66. The number of anilines is 1. The lowest BCUT2D eigenvalue weighted by Gasteiger charge is -2.29. The monoisotopic (exact) mass is 485 g/mol. The molecule has 10 heteroatoms. The Morgan fingerprint density at radius 1 is 1.30 bits per heavy atom. The van der Waals surface area contributed by atoms with Gasteiger partial charge in [-0.25, -0.2) is 4.98 Å². The summed E-state index contributed by atoms with van der Waals surface area (Å²) in [6, 6.07) is 7.44. The lowest BCUT2D eigenvalue weighted by molar-refractivity contribution is 0.0391. The zero-order valence-corrected chi connectivity index (χ0v) is 19.5. The molecule has 1 aromatic carbocycles. The number of morpholine rings is 1. The zero-order chi connectivity index (χ0) is 21.1. The van der Waals surface area contributed by atoms with E-state index in [0.717, 1.165) is 35.6 Å². The lowest BCUT2D eigenvalue weighted by atomic mass is 10.3. The second-order valence-corrected chi connectivity index (χ2v) is 9.98. The normalized spacial score (nSPS) is 14.9. The zero-order valence-electron chi connectivity index (χ0n) is 16.4. The van der Waals surface area contributed by atoms with E-state index in [1.165, 1.54) is 22.7 Å². The molecule has 4 rings (SSSR count).